The zero-order valence-electron chi connectivity index (χ0n) is 24.3. The molecule has 0 atom stereocenters. The predicted octanol–water partition coefficient (Wildman–Crippen LogP) is 6.60. The van der Waals surface area contributed by atoms with E-state index in [-0.39, 0.29) is 27.9 Å². The number of rotatable bonds is 18. The lowest BCUT2D eigenvalue weighted by molar-refractivity contribution is -0.137. The van der Waals surface area contributed by atoms with Gasteiger partial charge in [-0.15, -0.1) is 0 Å². The number of esters is 3. The van der Waals surface area contributed by atoms with Gasteiger partial charge in [0.1, 0.15) is 17.2 Å². The molecule has 3 rings (SSSR count). The van der Waals surface area contributed by atoms with E-state index in [1.807, 2.05) is 0 Å². The number of ether oxygens (including phenoxy) is 4. The van der Waals surface area contributed by atoms with E-state index in [0.29, 0.717) is 24.5 Å². The van der Waals surface area contributed by atoms with E-state index in [2.05, 4.69) is 6.58 Å². The van der Waals surface area contributed by atoms with Crippen molar-refractivity contribution in [3.63, 3.8) is 0 Å². The first-order chi connectivity index (χ1) is 21.2. The van der Waals surface area contributed by atoms with Gasteiger partial charge >= 0.3 is 17.9 Å². The van der Waals surface area contributed by atoms with E-state index < -0.39 is 22.1 Å². The van der Waals surface area contributed by atoms with Crippen molar-refractivity contribution in [3.05, 3.63) is 96.6 Å². The molecule has 11 heteroatoms. The Kier molecular flexibility index (Phi) is 13.6. The molecule has 0 bridgehead atoms. The maximum absolute atomic E-state index is 12.5. The smallest absolute Gasteiger partial charge is 0.343 e. The third-order valence-corrected chi connectivity index (χ3v) is 7.31. The minimum atomic E-state index is -4.35. The first-order valence-corrected chi connectivity index (χ1v) is 15.7. The molecule has 0 aliphatic heterocycles. The molecule has 3 aromatic rings. The summed E-state index contributed by atoms with van der Waals surface area (Å²) in [6.07, 6.45) is 9.68. The molecule has 0 saturated carbocycles. The van der Waals surface area contributed by atoms with Crippen molar-refractivity contribution >= 4 is 28.0 Å². The zero-order chi connectivity index (χ0) is 31.8. The van der Waals surface area contributed by atoms with Gasteiger partial charge < -0.3 is 18.9 Å². The maximum atomic E-state index is 12.5. The van der Waals surface area contributed by atoms with E-state index in [4.69, 9.17) is 23.5 Å². The average Bonchev–Trinajstić information content (AvgIpc) is 3.01. The standard InChI is InChI=1S/C33H36O10S/c1-2-31(34)41-24-10-8-6-4-3-5-7-9-23-40-27-15-11-25(12-16-27)32(35)42-28-17-13-26(14-18-28)33(36)43-29-19-21-30(22-20-29)44(37,38)39/h2,11-22H,1,3-10,23-24H2,(H,37,38,39). The Morgan fingerprint density at radius 2 is 1.02 bits per heavy atom. The van der Waals surface area contributed by atoms with Crippen LogP contribution in [0.2, 0.25) is 0 Å². The Morgan fingerprint density at radius 3 is 1.48 bits per heavy atom. The highest BCUT2D eigenvalue weighted by molar-refractivity contribution is 7.85. The first kappa shape index (κ1) is 34.0. The molecule has 0 radical (unpaired) electrons. The molecule has 0 amide bonds. The fraction of sp³-hybridized carbons (Fsp3) is 0.303. The predicted molar refractivity (Wildman–Crippen MR) is 163 cm³/mol. The summed E-state index contributed by atoms with van der Waals surface area (Å²) in [6, 6.07) is 17.2. The number of carbonyl (C=O) groups is 3. The highest BCUT2D eigenvalue weighted by Gasteiger charge is 2.14. The SMILES string of the molecule is C=CC(=O)OCCCCCCCCCCOc1ccc(C(=O)Oc2ccc(C(=O)Oc3ccc(S(=O)(=O)O)cc3)cc2)cc1. The molecule has 10 nitrogen and oxygen atoms in total. The van der Waals surface area contributed by atoms with Gasteiger partial charge in [-0.25, -0.2) is 14.4 Å². The number of hydrogen-bond donors (Lipinski definition) is 1. The van der Waals surface area contributed by atoms with Gasteiger partial charge in [-0.2, -0.15) is 8.42 Å². The second-order valence-electron chi connectivity index (χ2n) is 9.82. The Hall–Kier alpha value is -4.48. The number of hydrogen-bond acceptors (Lipinski definition) is 9. The van der Waals surface area contributed by atoms with Crippen LogP contribution in [-0.4, -0.2) is 44.1 Å². The van der Waals surface area contributed by atoms with Gasteiger partial charge in [0.15, 0.2) is 0 Å². The van der Waals surface area contributed by atoms with Crippen LogP contribution in [0.3, 0.4) is 0 Å². The van der Waals surface area contributed by atoms with Crippen LogP contribution in [0.15, 0.2) is 90.3 Å². The van der Waals surface area contributed by atoms with Crippen LogP contribution in [0.4, 0.5) is 0 Å². The van der Waals surface area contributed by atoms with Crippen LogP contribution in [0.5, 0.6) is 17.2 Å². The first-order valence-electron chi connectivity index (χ1n) is 14.3. The third kappa shape index (κ3) is 12.0. The van der Waals surface area contributed by atoms with Crippen LogP contribution in [0.1, 0.15) is 72.1 Å². The monoisotopic (exact) mass is 624 g/mol. The fourth-order valence-corrected chi connectivity index (χ4v) is 4.52. The van der Waals surface area contributed by atoms with E-state index >= 15 is 0 Å². The van der Waals surface area contributed by atoms with Gasteiger partial charge in [-0.1, -0.05) is 45.1 Å². The molecule has 0 aromatic heterocycles. The number of unbranched alkanes of at least 4 members (excludes halogenated alkanes) is 7. The topological polar surface area (TPSA) is 142 Å². The van der Waals surface area contributed by atoms with Crippen molar-refractivity contribution in [2.45, 2.75) is 56.3 Å². The molecule has 0 aliphatic carbocycles. The van der Waals surface area contributed by atoms with Crippen molar-refractivity contribution < 1.29 is 46.3 Å². The van der Waals surface area contributed by atoms with Crippen molar-refractivity contribution in [2.75, 3.05) is 13.2 Å². The van der Waals surface area contributed by atoms with E-state index in [1.54, 1.807) is 24.3 Å². The third-order valence-electron chi connectivity index (χ3n) is 6.44. The van der Waals surface area contributed by atoms with Gasteiger partial charge in [0, 0.05) is 6.08 Å². The molecule has 0 spiro atoms. The van der Waals surface area contributed by atoms with Crippen LogP contribution < -0.4 is 14.2 Å². The quantitative estimate of drug-likeness (QED) is 0.0541. The van der Waals surface area contributed by atoms with Gasteiger partial charge in [0.25, 0.3) is 10.1 Å². The molecule has 0 fully saturated rings. The number of carbonyl (C=O) groups excluding carboxylic acids is 3. The molecular formula is C33H36O10S. The summed E-state index contributed by atoms with van der Waals surface area (Å²) in [7, 11) is -4.35. The lowest BCUT2D eigenvalue weighted by atomic mass is 10.1. The Labute approximate surface area is 257 Å². The fourth-order valence-electron chi connectivity index (χ4n) is 4.04. The molecule has 0 unspecified atom stereocenters. The van der Waals surface area contributed by atoms with Crippen molar-refractivity contribution in [2.24, 2.45) is 0 Å². The second kappa shape index (κ2) is 17.6. The highest BCUT2D eigenvalue weighted by Crippen LogP contribution is 2.20. The average molecular weight is 625 g/mol. The van der Waals surface area contributed by atoms with Gasteiger partial charge in [0.2, 0.25) is 0 Å². The lowest BCUT2D eigenvalue weighted by Crippen LogP contribution is -2.10. The summed E-state index contributed by atoms with van der Waals surface area (Å²) in [6.45, 7) is 4.40. The summed E-state index contributed by atoms with van der Waals surface area (Å²) in [5, 5.41) is 0. The van der Waals surface area contributed by atoms with Gasteiger partial charge in [-0.3, -0.25) is 4.55 Å². The van der Waals surface area contributed by atoms with Crippen molar-refractivity contribution in [1.29, 1.82) is 0 Å². The summed E-state index contributed by atoms with van der Waals surface area (Å²) in [5.41, 5.74) is 0.527. The van der Waals surface area contributed by atoms with E-state index in [9.17, 15) is 22.8 Å². The summed E-state index contributed by atoms with van der Waals surface area (Å²) < 4.78 is 52.6. The van der Waals surface area contributed by atoms with E-state index in [0.717, 1.165) is 63.5 Å². The molecular weight excluding hydrogens is 588 g/mol. The summed E-state index contributed by atoms with van der Waals surface area (Å²) in [4.78, 5) is 35.6. The van der Waals surface area contributed by atoms with Crippen molar-refractivity contribution in [3.8, 4) is 17.2 Å². The molecule has 0 aliphatic rings. The minimum Gasteiger partial charge on any atom is -0.494 e. The van der Waals surface area contributed by atoms with Crippen molar-refractivity contribution in [1.82, 2.24) is 0 Å². The van der Waals surface area contributed by atoms with Crippen LogP contribution >= 0.6 is 0 Å². The van der Waals surface area contributed by atoms with Gasteiger partial charge in [-0.05, 0) is 85.6 Å². The van der Waals surface area contributed by atoms with Crippen LogP contribution in [0.25, 0.3) is 0 Å². The molecule has 234 valence electrons. The lowest BCUT2D eigenvalue weighted by Gasteiger charge is -2.08. The normalized spacial score (nSPS) is 10.9. The van der Waals surface area contributed by atoms with E-state index in [1.165, 1.54) is 42.5 Å². The highest BCUT2D eigenvalue weighted by atomic mass is 32.2. The van der Waals surface area contributed by atoms with Crippen LogP contribution in [-0.2, 0) is 19.6 Å². The summed E-state index contributed by atoms with van der Waals surface area (Å²) >= 11 is 0. The molecule has 1 N–H and O–H groups in total. The Balaban J connectivity index is 1.31. The summed E-state index contributed by atoms with van der Waals surface area (Å²) in [5.74, 6) is -0.647. The molecule has 44 heavy (non-hydrogen) atoms. The Morgan fingerprint density at radius 1 is 0.614 bits per heavy atom. The minimum absolute atomic E-state index is 0.0932. The zero-order valence-corrected chi connectivity index (χ0v) is 25.1. The Bertz CT molecular complexity index is 1480. The van der Waals surface area contributed by atoms with Gasteiger partial charge in [0.05, 0.1) is 29.2 Å². The largest absolute Gasteiger partial charge is 0.494 e. The number of benzene rings is 3. The molecule has 0 saturated heterocycles. The van der Waals surface area contributed by atoms with Crippen LogP contribution in [0, 0.1) is 0 Å². The maximum Gasteiger partial charge on any atom is 0.343 e. The second-order valence-corrected chi connectivity index (χ2v) is 11.2. The molecule has 3 aromatic carbocycles. The molecule has 0 heterocycles.